The second-order valence-corrected chi connectivity index (χ2v) is 3.88. The molecule has 0 unspecified atom stereocenters. The monoisotopic (exact) mass is 172 g/mol. The summed E-state index contributed by atoms with van der Waals surface area (Å²) in [6, 6.07) is 1.28. The Morgan fingerprint density at radius 1 is 1.00 bits per heavy atom. The van der Waals surface area contributed by atoms with Gasteiger partial charge in [0, 0.05) is 6.61 Å². The average Bonchev–Trinajstić information content (AvgIpc) is 2.03. The highest BCUT2D eigenvalue weighted by atomic mass is 28.2. The number of rotatable bonds is 8. The first-order chi connectivity index (χ1) is 5.41. The zero-order valence-electron chi connectivity index (χ0n) is 7.86. The van der Waals surface area contributed by atoms with Gasteiger partial charge in [0.1, 0.15) is 0 Å². The minimum absolute atomic E-state index is 0.752. The highest BCUT2D eigenvalue weighted by Crippen LogP contribution is 1.99. The number of hydrogen-bond donors (Lipinski definition) is 0. The predicted molar refractivity (Wildman–Crippen MR) is 50.9 cm³/mol. The molecule has 0 heterocycles. The lowest BCUT2D eigenvalue weighted by atomic mass is 10.3. The Hall–Kier alpha value is 0.177. The Bertz CT molecular complexity index is 58.6. The summed E-state index contributed by atoms with van der Waals surface area (Å²) < 4.78 is 5.45. The minimum Gasteiger partial charge on any atom is -0.417 e. The Balaban J connectivity index is 2.69. The minimum atomic E-state index is 0.752. The van der Waals surface area contributed by atoms with E-state index in [1.165, 1.54) is 38.1 Å². The second-order valence-electron chi connectivity index (χ2n) is 2.80. The lowest BCUT2D eigenvalue weighted by Crippen LogP contribution is -1.99. The Labute approximate surface area is 73.5 Å². The molecule has 0 aliphatic heterocycles. The average molecular weight is 172 g/mol. The molecule has 1 nitrogen and oxygen atoms in total. The van der Waals surface area contributed by atoms with E-state index in [0.29, 0.717) is 0 Å². The van der Waals surface area contributed by atoms with E-state index in [0.717, 1.165) is 16.4 Å². The van der Waals surface area contributed by atoms with Crippen molar-refractivity contribution in [3.05, 3.63) is 0 Å². The van der Waals surface area contributed by atoms with Crippen molar-refractivity contribution >= 4 is 9.76 Å². The quantitative estimate of drug-likeness (QED) is 0.404. The van der Waals surface area contributed by atoms with Crippen LogP contribution in [0.15, 0.2) is 0 Å². The van der Waals surface area contributed by atoms with Crippen LogP contribution in [0.5, 0.6) is 0 Å². The molecule has 0 N–H and O–H groups in total. The Morgan fingerprint density at radius 3 is 2.36 bits per heavy atom. The summed E-state index contributed by atoms with van der Waals surface area (Å²) in [4.78, 5) is 0. The summed E-state index contributed by atoms with van der Waals surface area (Å²) in [6.07, 6.45) is 6.50. The molecule has 11 heavy (non-hydrogen) atoms. The van der Waals surface area contributed by atoms with Crippen molar-refractivity contribution < 1.29 is 4.43 Å². The lowest BCUT2D eigenvalue weighted by Gasteiger charge is -1.99. The maximum atomic E-state index is 5.45. The van der Waals surface area contributed by atoms with Crippen molar-refractivity contribution in [2.24, 2.45) is 0 Å². The van der Waals surface area contributed by atoms with Gasteiger partial charge in [-0.1, -0.05) is 39.5 Å². The normalized spacial score (nSPS) is 10.4. The van der Waals surface area contributed by atoms with Crippen LogP contribution in [0, 0.1) is 0 Å². The maximum Gasteiger partial charge on any atom is 0.229 e. The van der Waals surface area contributed by atoms with Gasteiger partial charge in [0.15, 0.2) is 0 Å². The standard InChI is InChI=1S/C9H20OSi/c1-3-5-7-9-11-10-8-6-4-2/h3-9H2,1-2H3. The van der Waals surface area contributed by atoms with Gasteiger partial charge in [-0.2, -0.15) is 0 Å². The highest BCUT2D eigenvalue weighted by Gasteiger charge is 1.90. The van der Waals surface area contributed by atoms with Gasteiger partial charge in [0.05, 0.1) is 0 Å². The van der Waals surface area contributed by atoms with E-state index in [-0.39, 0.29) is 0 Å². The Kier molecular flexibility index (Phi) is 10.3. The van der Waals surface area contributed by atoms with Crippen molar-refractivity contribution in [2.75, 3.05) is 6.61 Å². The molecule has 2 radical (unpaired) electrons. The number of unbranched alkanes of at least 4 members (excludes halogenated alkanes) is 3. The molecule has 0 aliphatic rings. The van der Waals surface area contributed by atoms with Crippen molar-refractivity contribution in [1.29, 1.82) is 0 Å². The molecule has 0 atom stereocenters. The summed E-state index contributed by atoms with van der Waals surface area (Å²) in [7, 11) is 0.752. The maximum absolute atomic E-state index is 5.45. The summed E-state index contributed by atoms with van der Waals surface area (Å²) in [5.41, 5.74) is 0. The largest absolute Gasteiger partial charge is 0.417 e. The van der Waals surface area contributed by atoms with Crippen LogP contribution in [-0.2, 0) is 4.43 Å². The van der Waals surface area contributed by atoms with E-state index in [1.54, 1.807) is 0 Å². The van der Waals surface area contributed by atoms with E-state index in [2.05, 4.69) is 13.8 Å². The van der Waals surface area contributed by atoms with Crippen LogP contribution < -0.4 is 0 Å². The summed E-state index contributed by atoms with van der Waals surface area (Å²) in [5.74, 6) is 0. The van der Waals surface area contributed by atoms with Crippen molar-refractivity contribution in [1.82, 2.24) is 0 Å². The van der Waals surface area contributed by atoms with Crippen LogP contribution in [0.4, 0.5) is 0 Å². The van der Waals surface area contributed by atoms with E-state index < -0.39 is 0 Å². The fourth-order valence-corrected chi connectivity index (χ4v) is 1.64. The van der Waals surface area contributed by atoms with Crippen molar-refractivity contribution in [3.63, 3.8) is 0 Å². The van der Waals surface area contributed by atoms with Gasteiger partial charge in [-0.3, -0.25) is 0 Å². The SMILES string of the molecule is CCCCC[Si]OCCCC. The van der Waals surface area contributed by atoms with E-state index in [4.69, 9.17) is 4.43 Å². The zero-order chi connectivity index (χ0) is 8.36. The van der Waals surface area contributed by atoms with Gasteiger partial charge < -0.3 is 4.43 Å². The third-order valence-electron chi connectivity index (χ3n) is 1.58. The van der Waals surface area contributed by atoms with Gasteiger partial charge in [-0.25, -0.2) is 0 Å². The summed E-state index contributed by atoms with van der Waals surface area (Å²) in [6.45, 7) is 5.41. The van der Waals surface area contributed by atoms with Crippen molar-refractivity contribution in [3.8, 4) is 0 Å². The molecule has 0 bridgehead atoms. The van der Waals surface area contributed by atoms with Crippen LogP contribution in [0.1, 0.15) is 46.0 Å². The molecule has 0 aromatic heterocycles. The van der Waals surface area contributed by atoms with Crippen LogP contribution >= 0.6 is 0 Å². The lowest BCUT2D eigenvalue weighted by molar-refractivity contribution is 0.325. The van der Waals surface area contributed by atoms with Gasteiger partial charge in [0.2, 0.25) is 9.76 Å². The molecule has 0 aromatic rings. The molecule has 0 saturated carbocycles. The molecule has 0 spiro atoms. The summed E-state index contributed by atoms with van der Waals surface area (Å²) >= 11 is 0. The molecule has 0 fully saturated rings. The first-order valence-electron chi connectivity index (χ1n) is 4.76. The topological polar surface area (TPSA) is 9.23 Å². The predicted octanol–water partition coefficient (Wildman–Crippen LogP) is 3.03. The van der Waals surface area contributed by atoms with Crippen LogP contribution in [0.25, 0.3) is 0 Å². The van der Waals surface area contributed by atoms with E-state index >= 15 is 0 Å². The Morgan fingerprint density at radius 2 is 1.73 bits per heavy atom. The first-order valence-corrected chi connectivity index (χ1v) is 5.88. The molecule has 0 saturated heterocycles. The van der Waals surface area contributed by atoms with Gasteiger partial charge in [-0.05, 0) is 12.5 Å². The summed E-state index contributed by atoms with van der Waals surface area (Å²) in [5, 5.41) is 0. The van der Waals surface area contributed by atoms with Crippen LogP contribution in [0.3, 0.4) is 0 Å². The van der Waals surface area contributed by atoms with Gasteiger partial charge in [0.25, 0.3) is 0 Å². The molecule has 0 amide bonds. The molecule has 0 aromatic carbocycles. The molecule has 2 heteroatoms. The van der Waals surface area contributed by atoms with Crippen molar-refractivity contribution in [2.45, 2.75) is 52.0 Å². The molecule has 66 valence electrons. The second kappa shape index (κ2) is 10.2. The first kappa shape index (κ1) is 11.2. The zero-order valence-corrected chi connectivity index (χ0v) is 8.86. The molecular weight excluding hydrogens is 152 g/mol. The van der Waals surface area contributed by atoms with E-state index in [1.807, 2.05) is 0 Å². The van der Waals surface area contributed by atoms with Crippen LogP contribution in [-0.4, -0.2) is 16.4 Å². The third kappa shape index (κ3) is 10.2. The van der Waals surface area contributed by atoms with Gasteiger partial charge >= 0.3 is 0 Å². The molecular formula is C9H20OSi. The molecule has 0 aliphatic carbocycles. The van der Waals surface area contributed by atoms with E-state index in [9.17, 15) is 0 Å². The number of hydrogen-bond acceptors (Lipinski definition) is 1. The fraction of sp³-hybridized carbons (Fsp3) is 1.00. The van der Waals surface area contributed by atoms with Crippen LogP contribution in [0.2, 0.25) is 6.04 Å². The van der Waals surface area contributed by atoms with Gasteiger partial charge in [-0.15, -0.1) is 0 Å². The third-order valence-corrected chi connectivity index (χ3v) is 2.55. The fourth-order valence-electron chi connectivity index (χ4n) is 0.808. The highest BCUT2D eigenvalue weighted by molar-refractivity contribution is 6.26. The molecule has 0 rings (SSSR count). The smallest absolute Gasteiger partial charge is 0.229 e.